The topological polar surface area (TPSA) is 134 Å². The first kappa shape index (κ1) is 18.9. The van der Waals surface area contributed by atoms with Crippen LogP contribution in [-0.2, 0) is 0 Å². The van der Waals surface area contributed by atoms with E-state index in [1.165, 1.54) is 23.5 Å². The normalized spacial score (nSPS) is 16.5. The Morgan fingerprint density at radius 2 is 2.07 bits per heavy atom. The molecule has 9 heteroatoms. The van der Waals surface area contributed by atoms with Crippen LogP contribution < -0.4 is 21.7 Å². The fourth-order valence-electron chi connectivity index (χ4n) is 2.96. The zero-order valence-electron chi connectivity index (χ0n) is 14.5. The number of amides is 3. The van der Waals surface area contributed by atoms with Crippen LogP contribution in [0.3, 0.4) is 0 Å². The average Bonchev–Trinajstić information content (AvgIpc) is 3.06. The summed E-state index contributed by atoms with van der Waals surface area (Å²) in [5.41, 5.74) is 6.32. The molecule has 0 aliphatic carbocycles. The van der Waals surface area contributed by atoms with E-state index < -0.39 is 12.0 Å². The zero-order chi connectivity index (χ0) is 19.4. The Morgan fingerprint density at radius 1 is 1.26 bits per heavy atom. The number of carbonyl (C=O) groups excluding carboxylic acids is 2. The molecule has 1 aliphatic rings. The number of carboxylic acids is 1. The number of carbonyl (C=O) groups is 3. The molecule has 1 aliphatic heterocycles. The lowest BCUT2D eigenvalue weighted by molar-refractivity contribution is 0.0696. The number of hydrogen-bond acceptors (Lipinski definition) is 5. The quantitative estimate of drug-likeness (QED) is 0.535. The first-order chi connectivity index (χ1) is 12.9. The summed E-state index contributed by atoms with van der Waals surface area (Å²) in [6.07, 6.45) is 1.87. The molecule has 3 rings (SSSR count). The smallest absolute Gasteiger partial charge is 0.335 e. The van der Waals surface area contributed by atoms with Crippen LogP contribution in [0.5, 0.6) is 0 Å². The number of primary amides is 1. The highest BCUT2D eigenvalue weighted by molar-refractivity contribution is 7.18. The lowest BCUT2D eigenvalue weighted by Crippen LogP contribution is -2.45. The number of nitrogens with two attached hydrogens (primary N) is 1. The number of hydrogen-bond donors (Lipinski definition) is 5. The van der Waals surface area contributed by atoms with E-state index >= 15 is 0 Å². The lowest BCUT2D eigenvalue weighted by atomic mass is 10.1. The maximum atomic E-state index is 12.7. The first-order valence-corrected chi connectivity index (χ1v) is 9.31. The van der Waals surface area contributed by atoms with Crippen molar-refractivity contribution in [2.75, 3.05) is 18.4 Å². The van der Waals surface area contributed by atoms with Gasteiger partial charge in [0.2, 0.25) is 0 Å². The van der Waals surface area contributed by atoms with Gasteiger partial charge in [-0.25, -0.2) is 9.59 Å². The van der Waals surface area contributed by atoms with Crippen LogP contribution in [-0.4, -0.2) is 42.1 Å². The number of thiophene rings is 1. The lowest BCUT2D eigenvalue weighted by Gasteiger charge is -2.23. The number of anilines is 1. The molecule has 8 nitrogen and oxygen atoms in total. The Hall–Kier alpha value is -2.91. The largest absolute Gasteiger partial charge is 0.478 e. The summed E-state index contributed by atoms with van der Waals surface area (Å²) in [5, 5.41) is 17.8. The number of aromatic carboxylic acids is 1. The standard InChI is InChI=1S/C18H20N4O4S/c19-18(26)22-13-8-14(10-3-1-4-11(7-10)17(24)25)27-15(13)16(23)21-12-5-2-6-20-9-12/h1,3-4,7-8,12,20H,2,5-6,9H2,(H,21,23)(H,24,25)(H3,19,22,26). The van der Waals surface area contributed by atoms with Gasteiger partial charge >= 0.3 is 12.0 Å². The van der Waals surface area contributed by atoms with E-state index in [9.17, 15) is 14.4 Å². The molecule has 1 unspecified atom stereocenters. The number of urea groups is 1. The SMILES string of the molecule is NC(=O)Nc1cc(-c2cccc(C(=O)O)c2)sc1C(=O)NC1CCCNC1. The van der Waals surface area contributed by atoms with E-state index in [-0.39, 0.29) is 17.5 Å². The highest BCUT2D eigenvalue weighted by Gasteiger charge is 2.22. The van der Waals surface area contributed by atoms with Gasteiger partial charge in [-0.1, -0.05) is 12.1 Å². The Kier molecular flexibility index (Phi) is 5.72. The first-order valence-electron chi connectivity index (χ1n) is 8.49. The summed E-state index contributed by atoms with van der Waals surface area (Å²) in [5.74, 6) is -1.33. The van der Waals surface area contributed by atoms with Gasteiger partial charge < -0.3 is 26.8 Å². The molecule has 0 spiro atoms. The summed E-state index contributed by atoms with van der Waals surface area (Å²) >= 11 is 1.18. The van der Waals surface area contributed by atoms with E-state index in [4.69, 9.17) is 10.8 Å². The van der Waals surface area contributed by atoms with Crippen LogP contribution in [0.2, 0.25) is 0 Å². The van der Waals surface area contributed by atoms with Crippen LogP contribution in [0.15, 0.2) is 30.3 Å². The minimum atomic E-state index is -1.04. The number of benzene rings is 1. The van der Waals surface area contributed by atoms with Crippen molar-refractivity contribution in [3.05, 3.63) is 40.8 Å². The van der Waals surface area contributed by atoms with Crippen molar-refractivity contribution in [2.45, 2.75) is 18.9 Å². The molecule has 1 saturated heterocycles. The summed E-state index contributed by atoms with van der Waals surface area (Å²) in [6.45, 7) is 1.63. The van der Waals surface area contributed by atoms with Crippen LogP contribution in [0.1, 0.15) is 32.9 Å². The van der Waals surface area contributed by atoms with Crippen molar-refractivity contribution >= 4 is 34.9 Å². The molecule has 0 bridgehead atoms. The highest BCUT2D eigenvalue weighted by atomic mass is 32.1. The second-order valence-corrected chi connectivity index (χ2v) is 7.30. The van der Waals surface area contributed by atoms with Gasteiger partial charge in [0, 0.05) is 17.5 Å². The van der Waals surface area contributed by atoms with Gasteiger partial charge in [-0.05, 0) is 43.1 Å². The van der Waals surface area contributed by atoms with E-state index in [0.29, 0.717) is 27.5 Å². The van der Waals surface area contributed by atoms with Crippen molar-refractivity contribution in [1.29, 1.82) is 0 Å². The number of rotatable bonds is 5. The molecule has 1 atom stereocenters. The number of nitrogens with one attached hydrogen (secondary N) is 3. The minimum absolute atomic E-state index is 0.0218. The Morgan fingerprint density at radius 3 is 2.74 bits per heavy atom. The van der Waals surface area contributed by atoms with E-state index in [1.54, 1.807) is 18.2 Å². The Bertz CT molecular complexity index is 874. The number of piperidine rings is 1. The van der Waals surface area contributed by atoms with Crippen LogP contribution >= 0.6 is 11.3 Å². The molecule has 6 N–H and O–H groups in total. The van der Waals surface area contributed by atoms with Gasteiger partial charge in [0.1, 0.15) is 4.88 Å². The fourth-order valence-corrected chi connectivity index (χ4v) is 3.97. The summed E-state index contributed by atoms with van der Waals surface area (Å²) in [6, 6.07) is 7.28. The third-order valence-electron chi connectivity index (χ3n) is 4.22. The molecule has 2 heterocycles. The van der Waals surface area contributed by atoms with Crippen molar-refractivity contribution in [1.82, 2.24) is 10.6 Å². The van der Waals surface area contributed by atoms with Gasteiger partial charge in [0.05, 0.1) is 11.3 Å². The molecule has 1 aromatic heterocycles. The average molecular weight is 388 g/mol. The van der Waals surface area contributed by atoms with Crippen molar-refractivity contribution in [3.63, 3.8) is 0 Å². The summed E-state index contributed by atoms with van der Waals surface area (Å²) < 4.78 is 0. The van der Waals surface area contributed by atoms with Crippen molar-refractivity contribution in [3.8, 4) is 10.4 Å². The van der Waals surface area contributed by atoms with Gasteiger partial charge in [0.15, 0.2) is 0 Å². The molecule has 27 heavy (non-hydrogen) atoms. The van der Waals surface area contributed by atoms with Crippen molar-refractivity contribution < 1.29 is 19.5 Å². The molecule has 2 aromatic rings. The number of carboxylic acid groups (broad SMARTS) is 1. The third kappa shape index (κ3) is 4.63. The Labute approximate surface area is 159 Å². The molecular formula is C18H20N4O4S. The second-order valence-electron chi connectivity index (χ2n) is 6.25. The third-order valence-corrected chi connectivity index (χ3v) is 5.41. The monoisotopic (exact) mass is 388 g/mol. The van der Waals surface area contributed by atoms with Gasteiger partial charge in [-0.15, -0.1) is 11.3 Å². The van der Waals surface area contributed by atoms with E-state index in [1.807, 2.05) is 0 Å². The van der Waals surface area contributed by atoms with Crippen LogP contribution in [0.4, 0.5) is 10.5 Å². The zero-order valence-corrected chi connectivity index (χ0v) is 15.3. The van der Waals surface area contributed by atoms with Crippen LogP contribution in [0.25, 0.3) is 10.4 Å². The van der Waals surface area contributed by atoms with Crippen molar-refractivity contribution in [2.24, 2.45) is 5.73 Å². The van der Waals surface area contributed by atoms with Gasteiger partial charge in [0.25, 0.3) is 5.91 Å². The predicted octanol–water partition coefficient (Wildman–Crippen LogP) is 2.09. The maximum Gasteiger partial charge on any atom is 0.335 e. The molecule has 0 saturated carbocycles. The molecule has 1 fully saturated rings. The molecule has 3 amide bonds. The second kappa shape index (κ2) is 8.19. The molecule has 0 radical (unpaired) electrons. The van der Waals surface area contributed by atoms with Gasteiger partial charge in [-0.3, -0.25) is 4.79 Å². The molecular weight excluding hydrogens is 368 g/mol. The van der Waals surface area contributed by atoms with E-state index in [0.717, 1.165) is 19.4 Å². The molecule has 1 aromatic carbocycles. The van der Waals surface area contributed by atoms with Crippen LogP contribution in [0, 0.1) is 0 Å². The predicted molar refractivity (Wildman–Crippen MR) is 103 cm³/mol. The maximum absolute atomic E-state index is 12.7. The fraction of sp³-hybridized carbons (Fsp3) is 0.278. The minimum Gasteiger partial charge on any atom is -0.478 e. The van der Waals surface area contributed by atoms with Gasteiger partial charge in [-0.2, -0.15) is 0 Å². The highest BCUT2D eigenvalue weighted by Crippen LogP contribution is 2.35. The van der Waals surface area contributed by atoms with E-state index in [2.05, 4.69) is 16.0 Å². The summed E-state index contributed by atoms with van der Waals surface area (Å²) in [4.78, 5) is 36.2. The molecule has 142 valence electrons. The summed E-state index contributed by atoms with van der Waals surface area (Å²) in [7, 11) is 0. The Balaban J connectivity index is 1.90.